The standard InChI is InChI=1S/C11H14ClF/c1-8-5-10(4-3-9(2)12)7-11(13)6-8/h5-7,9H,3-4H2,1-2H3. The third-order valence-corrected chi connectivity index (χ3v) is 2.15. The van der Waals surface area contributed by atoms with E-state index in [1.165, 1.54) is 6.07 Å². The summed E-state index contributed by atoms with van der Waals surface area (Å²) < 4.78 is 12.9. The SMILES string of the molecule is Cc1cc(F)cc(CCC(C)Cl)c1. The maximum atomic E-state index is 12.9. The molecule has 0 N–H and O–H groups in total. The van der Waals surface area contributed by atoms with E-state index >= 15 is 0 Å². The quantitative estimate of drug-likeness (QED) is 0.653. The van der Waals surface area contributed by atoms with Crippen molar-refractivity contribution < 1.29 is 4.39 Å². The molecule has 72 valence electrons. The average Bonchev–Trinajstić information content (AvgIpc) is 1.99. The molecule has 0 aliphatic carbocycles. The molecular weight excluding hydrogens is 187 g/mol. The predicted octanol–water partition coefficient (Wildman–Crippen LogP) is 3.69. The second-order valence-electron chi connectivity index (χ2n) is 3.46. The Hall–Kier alpha value is -0.560. The highest BCUT2D eigenvalue weighted by Gasteiger charge is 2.00. The summed E-state index contributed by atoms with van der Waals surface area (Å²) in [5.74, 6) is -0.155. The normalized spacial score (nSPS) is 12.9. The zero-order valence-electron chi connectivity index (χ0n) is 7.98. The molecule has 0 bridgehead atoms. The predicted molar refractivity (Wildman–Crippen MR) is 54.8 cm³/mol. The summed E-state index contributed by atoms with van der Waals surface area (Å²) in [5.41, 5.74) is 2.00. The smallest absolute Gasteiger partial charge is 0.123 e. The van der Waals surface area contributed by atoms with Gasteiger partial charge in [0.2, 0.25) is 0 Å². The average molecular weight is 201 g/mol. The zero-order valence-corrected chi connectivity index (χ0v) is 8.74. The molecule has 1 unspecified atom stereocenters. The van der Waals surface area contributed by atoms with Gasteiger partial charge in [0.25, 0.3) is 0 Å². The Kier molecular flexibility index (Phi) is 3.73. The van der Waals surface area contributed by atoms with Crippen LogP contribution in [-0.2, 0) is 6.42 Å². The molecule has 0 spiro atoms. The van der Waals surface area contributed by atoms with Crippen molar-refractivity contribution in [2.75, 3.05) is 0 Å². The van der Waals surface area contributed by atoms with Gasteiger partial charge >= 0.3 is 0 Å². The first kappa shape index (κ1) is 10.5. The Balaban J connectivity index is 2.66. The van der Waals surface area contributed by atoms with Crippen molar-refractivity contribution in [3.05, 3.63) is 35.1 Å². The van der Waals surface area contributed by atoms with Gasteiger partial charge in [0.1, 0.15) is 5.82 Å². The van der Waals surface area contributed by atoms with Crippen molar-refractivity contribution in [2.24, 2.45) is 0 Å². The van der Waals surface area contributed by atoms with Crippen LogP contribution in [0.1, 0.15) is 24.5 Å². The van der Waals surface area contributed by atoms with Crippen LogP contribution in [0.4, 0.5) is 4.39 Å². The third kappa shape index (κ3) is 3.77. The number of alkyl halides is 1. The fourth-order valence-electron chi connectivity index (χ4n) is 1.32. The Bertz CT molecular complexity index is 261. The van der Waals surface area contributed by atoms with Crippen LogP contribution in [0.5, 0.6) is 0 Å². The maximum absolute atomic E-state index is 12.9. The van der Waals surface area contributed by atoms with Crippen molar-refractivity contribution in [1.29, 1.82) is 0 Å². The molecule has 0 aromatic heterocycles. The number of aryl methyl sites for hydroxylation is 2. The molecule has 1 atom stereocenters. The highest BCUT2D eigenvalue weighted by molar-refractivity contribution is 6.20. The van der Waals surface area contributed by atoms with Crippen molar-refractivity contribution in [3.63, 3.8) is 0 Å². The molecule has 13 heavy (non-hydrogen) atoms. The first-order chi connectivity index (χ1) is 6.08. The minimum absolute atomic E-state index is 0.155. The second kappa shape index (κ2) is 4.61. The Labute approximate surface area is 83.7 Å². The largest absolute Gasteiger partial charge is 0.207 e. The van der Waals surface area contributed by atoms with E-state index in [1.807, 2.05) is 19.9 Å². The molecule has 0 radical (unpaired) electrons. The van der Waals surface area contributed by atoms with Crippen LogP contribution in [0.15, 0.2) is 18.2 Å². The van der Waals surface area contributed by atoms with Gasteiger partial charge in [-0.3, -0.25) is 0 Å². The summed E-state index contributed by atoms with van der Waals surface area (Å²) in [5, 5.41) is 0.156. The lowest BCUT2D eigenvalue weighted by Crippen LogP contribution is -1.95. The summed E-state index contributed by atoms with van der Waals surface area (Å²) in [6.07, 6.45) is 1.74. The third-order valence-electron chi connectivity index (χ3n) is 1.93. The Morgan fingerprint density at radius 3 is 2.62 bits per heavy atom. The van der Waals surface area contributed by atoms with E-state index in [9.17, 15) is 4.39 Å². The van der Waals surface area contributed by atoms with E-state index in [-0.39, 0.29) is 11.2 Å². The lowest BCUT2D eigenvalue weighted by atomic mass is 10.1. The Morgan fingerprint density at radius 2 is 2.08 bits per heavy atom. The van der Waals surface area contributed by atoms with Crippen molar-refractivity contribution in [1.82, 2.24) is 0 Å². The van der Waals surface area contributed by atoms with Crippen molar-refractivity contribution >= 4 is 11.6 Å². The van der Waals surface area contributed by atoms with Crippen molar-refractivity contribution in [2.45, 2.75) is 32.1 Å². The van der Waals surface area contributed by atoms with Gasteiger partial charge in [0, 0.05) is 5.38 Å². The molecule has 0 saturated heterocycles. The van der Waals surface area contributed by atoms with Crippen molar-refractivity contribution in [3.8, 4) is 0 Å². The lowest BCUT2D eigenvalue weighted by Gasteiger charge is -2.04. The van der Waals surface area contributed by atoms with Crippen LogP contribution in [0.3, 0.4) is 0 Å². The molecule has 0 nitrogen and oxygen atoms in total. The summed E-state index contributed by atoms with van der Waals surface area (Å²) in [6, 6.07) is 5.11. The van der Waals surface area contributed by atoms with Gasteiger partial charge < -0.3 is 0 Å². The van der Waals surface area contributed by atoms with Crippen LogP contribution in [0.2, 0.25) is 0 Å². The molecule has 0 saturated carbocycles. The molecule has 0 fully saturated rings. The molecule has 0 aliphatic heterocycles. The van der Waals surface area contributed by atoms with Crippen LogP contribution in [0.25, 0.3) is 0 Å². The zero-order chi connectivity index (χ0) is 9.84. The number of hydrogen-bond donors (Lipinski definition) is 0. The topological polar surface area (TPSA) is 0 Å². The summed E-state index contributed by atoms with van der Waals surface area (Å²) in [7, 11) is 0. The second-order valence-corrected chi connectivity index (χ2v) is 4.20. The monoisotopic (exact) mass is 200 g/mol. The fourth-order valence-corrected chi connectivity index (χ4v) is 1.43. The highest BCUT2D eigenvalue weighted by atomic mass is 35.5. The van der Waals surface area contributed by atoms with Gasteiger partial charge in [0.05, 0.1) is 0 Å². The van der Waals surface area contributed by atoms with Crippen LogP contribution in [0, 0.1) is 12.7 Å². The molecule has 1 aromatic rings. The molecule has 1 aromatic carbocycles. The summed E-state index contributed by atoms with van der Waals surface area (Å²) >= 11 is 5.81. The maximum Gasteiger partial charge on any atom is 0.123 e. The van der Waals surface area contributed by atoms with E-state index in [1.54, 1.807) is 6.07 Å². The fraction of sp³-hybridized carbons (Fsp3) is 0.455. The minimum atomic E-state index is -0.155. The number of rotatable bonds is 3. The van der Waals surface area contributed by atoms with E-state index in [0.717, 1.165) is 24.0 Å². The molecule has 2 heteroatoms. The van der Waals surface area contributed by atoms with E-state index in [0.29, 0.717) is 0 Å². The Morgan fingerprint density at radius 1 is 1.38 bits per heavy atom. The van der Waals surface area contributed by atoms with Crippen LogP contribution >= 0.6 is 11.6 Å². The summed E-state index contributed by atoms with van der Waals surface area (Å²) in [6.45, 7) is 3.85. The molecular formula is C11H14ClF. The van der Waals surface area contributed by atoms with E-state index in [4.69, 9.17) is 11.6 Å². The number of hydrogen-bond acceptors (Lipinski definition) is 0. The van der Waals surface area contributed by atoms with Gasteiger partial charge in [-0.2, -0.15) is 0 Å². The summed E-state index contributed by atoms with van der Waals surface area (Å²) in [4.78, 5) is 0. The number of halogens is 2. The van der Waals surface area contributed by atoms with Gasteiger partial charge in [-0.05, 0) is 49.9 Å². The van der Waals surface area contributed by atoms with Gasteiger partial charge in [-0.1, -0.05) is 6.07 Å². The van der Waals surface area contributed by atoms with Crippen LogP contribution < -0.4 is 0 Å². The minimum Gasteiger partial charge on any atom is -0.207 e. The number of benzene rings is 1. The van der Waals surface area contributed by atoms with Crippen LogP contribution in [-0.4, -0.2) is 5.38 Å². The lowest BCUT2D eigenvalue weighted by molar-refractivity contribution is 0.623. The first-order valence-electron chi connectivity index (χ1n) is 4.48. The highest BCUT2D eigenvalue weighted by Crippen LogP contribution is 2.12. The van der Waals surface area contributed by atoms with Gasteiger partial charge in [0.15, 0.2) is 0 Å². The van der Waals surface area contributed by atoms with E-state index in [2.05, 4.69) is 0 Å². The molecule has 0 amide bonds. The first-order valence-corrected chi connectivity index (χ1v) is 4.91. The van der Waals surface area contributed by atoms with Gasteiger partial charge in [-0.15, -0.1) is 11.6 Å². The molecule has 1 rings (SSSR count). The van der Waals surface area contributed by atoms with Gasteiger partial charge in [-0.25, -0.2) is 4.39 Å². The van der Waals surface area contributed by atoms with E-state index < -0.39 is 0 Å². The molecule has 0 aliphatic rings. The molecule has 0 heterocycles.